The third-order valence-corrected chi connectivity index (χ3v) is 4.76. The van der Waals surface area contributed by atoms with E-state index in [0.29, 0.717) is 22.4 Å². The minimum atomic E-state index is 0.358. The molecular formula is C18H18ClN5O. The van der Waals surface area contributed by atoms with Crippen molar-refractivity contribution in [3.8, 4) is 23.0 Å². The van der Waals surface area contributed by atoms with Crippen molar-refractivity contribution < 1.29 is 4.52 Å². The lowest BCUT2D eigenvalue weighted by atomic mass is 9.99. The maximum atomic E-state index is 5.90. The van der Waals surface area contributed by atoms with Crippen LogP contribution in [0.3, 0.4) is 0 Å². The van der Waals surface area contributed by atoms with E-state index in [0.717, 1.165) is 30.4 Å². The van der Waals surface area contributed by atoms with Gasteiger partial charge < -0.3 is 9.42 Å². The van der Waals surface area contributed by atoms with Crippen molar-refractivity contribution in [2.75, 3.05) is 18.0 Å². The second-order valence-electron chi connectivity index (χ2n) is 6.38. The quantitative estimate of drug-likeness (QED) is 0.705. The monoisotopic (exact) mass is 355 g/mol. The molecule has 0 aliphatic carbocycles. The lowest BCUT2D eigenvalue weighted by Gasteiger charge is -2.30. The number of piperidine rings is 1. The zero-order valence-corrected chi connectivity index (χ0v) is 14.6. The Bertz CT molecular complexity index is 839. The minimum absolute atomic E-state index is 0.358. The molecule has 0 saturated carbocycles. The highest BCUT2D eigenvalue weighted by Crippen LogP contribution is 2.24. The molecule has 0 unspecified atom stereocenters. The Kier molecular flexibility index (Phi) is 4.36. The standard InChI is InChI=1S/C18H18ClN5O/c1-12-8-10-24(11-9-12)16-7-6-15(21-22-16)18-20-17(23-25-18)13-2-4-14(19)5-3-13/h2-7,12H,8-11H2,1H3. The summed E-state index contributed by atoms with van der Waals surface area (Å²) in [5, 5.41) is 13.3. The number of rotatable bonds is 3. The van der Waals surface area contributed by atoms with Crippen LogP contribution in [0.25, 0.3) is 23.0 Å². The van der Waals surface area contributed by atoms with E-state index >= 15 is 0 Å². The van der Waals surface area contributed by atoms with Gasteiger partial charge in [-0.25, -0.2) is 0 Å². The van der Waals surface area contributed by atoms with Gasteiger partial charge in [-0.05, 0) is 55.2 Å². The Labute approximate surface area is 150 Å². The van der Waals surface area contributed by atoms with E-state index in [4.69, 9.17) is 16.1 Å². The minimum Gasteiger partial charge on any atom is -0.355 e. The fourth-order valence-electron chi connectivity index (χ4n) is 2.89. The van der Waals surface area contributed by atoms with Crippen molar-refractivity contribution >= 4 is 17.4 Å². The van der Waals surface area contributed by atoms with Crippen LogP contribution in [0, 0.1) is 5.92 Å². The molecule has 2 aromatic heterocycles. The summed E-state index contributed by atoms with van der Waals surface area (Å²) in [5.74, 6) is 2.54. The van der Waals surface area contributed by atoms with Gasteiger partial charge in [0.2, 0.25) is 5.82 Å². The van der Waals surface area contributed by atoms with Crippen LogP contribution in [0.4, 0.5) is 5.82 Å². The summed E-state index contributed by atoms with van der Waals surface area (Å²) in [6.07, 6.45) is 2.38. The molecule has 1 fully saturated rings. The third kappa shape index (κ3) is 3.49. The lowest BCUT2D eigenvalue weighted by molar-refractivity contribution is 0.429. The fraction of sp³-hybridized carbons (Fsp3) is 0.333. The maximum Gasteiger partial charge on any atom is 0.278 e. The highest BCUT2D eigenvalue weighted by Gasteiger charge is 2.18. The molecular weight excluding hydrogens is 338 g/mol. The van der Waals surface area contributed by atoms with E-state index in [2.05, 4.69) is 32.2 Å². The van der Waals surface area contributed by atoms with Crippen LogP contribution in [-0.2, 0) is 0 Å². The molecule has 0 N–H and O–H groups in total. The van der Waals surface area contributed by atoms with Gasteiger partial charge in [0.25, 0.3) is 5.89 Å². The van der Waals surface area contributed by atoms with Crippen molar-refractivity contribution in [3.63, 3.8) is 0 Å². The van der Waals surface area contributed by atoms with Gasteiger partial charge in [-0.1, -0.05) is 23.7 Å². The maximum absolute atomic E-state index is 5.90. The average molecular weight is 356 g/mol. The normalized spacial score (nSPS) is 15.5. The van der Waals surface area contributed by atoms with Crippen LogP contribution >= 0.6 is 11.6 Å². The molecule has 1 aromatic carbocycles. The molecule has 0 radical (unpaired) electrons. The molecule has 0 spiro atoms. The van der Waals surface area contributed by atoms with Crippen molar-refractivity contribution in [3.05, 3.63) is 41.4 Å². The van der Waals surface area contributed by atoms with Gasteiger partial charge in [-0.15, -0.1) is 10.2 Å². The number of aromatic nitrogens is 4. The smallest absolute Gasteiger partial charge is 0.278 e. The molecule has 7 heteroatoms. The van der Waals surface area contributed by atoms with Crippen LogP contribution in [0.15, 0.2) is 40.9 Å². The molecule has 3 heterocycles. The lowest BCUT2D eigenvalue weighted by Crippen LogP contribution is -2.33. The second kappa shape index (κ2) is 6.80. The summed E-state index contributed by atoms with van der Waals surface area (Å²) in [4.78, 5) is 6.66. The SMILES string of the molecule is CC1CCN(c2ccc(-c3nc(-c4ccc(Cl)cc4)no3)nn2)CC1. The van der Waals surface area contributed by atoms with Crippen LogP contribution in [-0.4, -0.2) is 33.4 Å². The van der Waals surface area contributed by atoms with Gasteiger partial charge in [-0.3, -0.25) is 0 Å². The van der Waals surface area contributed by atoms with Crippen LogP contribution in [0.5, 0.6) is 0 Å². The summed E-state index contributed by atoms with van der Waals surface area (Å²) >= 11 is 5.90. The zero-order chi connectivity index (χ0) is 17.2. The van der Waals surface area contributed by atoms with Gasteiger partial charge in [0.15, 0.2) is 11.5 Å². The number of hydrogen-bond acceptors (Lipinski definition) is 6. The van der Waals surface area contributed by atoms with Crippen molar-refractivity contribution in [2.45, 2.75) is 19.8 Å². The summed E-state index contributed by atoms with van der Waals surface area (Å²) in [6, 6.07) is 11.1. The Morgan fingerprint density at radius 1 is 1.04 bits per heavy atom. The number of anilines is 1. The first-order chi connectivity index (χ1) is 12.2. The predicted molar refractivity (Wildman–Crippen MR) is 96.4 cm³/mol. The Morgan fingerprint density at radius 2 is 1.80 bits per heavy atom. The van der Waals surface area contributed by atoms with Gasteiger partial charge in [0, 0.05) is 23.7 Å². The molecule has 1 saturated heterocycles. The van der Waals surface area contributed by atoms with Crippen LogP contribution in [0.1, 0.15) is 19.8 Å². The van der Waals surface area contributed by atoms with Crippen molar-refractivity contribution in [1.82, 2.24) is 20.3 Å². The summed E-state index contributed by atoms with van der Waals surface area (Å²) in [7, 11) is 0. The number of hydrogen-bond donors (Lipinski definition) is 0. The van der Waals surface area contributed by atoms with E-state index in [1.54, 1.807) is 12.1 Å². The van der Waals surface area contributed by atoms with E-state index < -0.39 is 0 Å². The summed E-state index contributed by atoms with van der Waals surface area (Å²) in [6.45, 7) is 4.34. The summed E-state index contributed by atoms with van der Waals surface area (Å²) < 4.78 is 5.32. The van der Waals surface area contributed by atoms with Gasteiger partial charge in [0.1, 0.15) is 0 Å². The second-order valence-corrected chi connectivity index (χ2v) is 6.81. The number of nitrogens with zero attached hydrogens (tertiary/aromatic N) is 5. The molecule has 0 bridgehead atoms. The molecule has 25 heavy (non-hydrogen) atoms. The Morgan fingerprint density at radius 3 is 2.48 bits per heavy atom. The third-order valence-electron chi connectivity index (χ3n) is 4.51. The van der Waals surface area contributed by atoms with Crippen molar-refractivity contribution in [1.29, 1.82) is 0 Å². The molecule has 0 atom stereocenters. The molecule has 1 aliphatic heterocycles. The van der Waals surface area contributed by atoms with Crippen molar-refractivity contribution in [2.24, 2.45) is 5.92 Å². The molecule has 3 aromatic rings. The first-order valence-electron chi connectivity index (χ1n) is 8.38. The average Bonchev–Trinajstić information content (AvgIpc) is 3.13. The summed E-state index contributed by atoms with van der Waals surface area (Å²) in [5.41, 5.74) is 1.41. The molecule has 6 nitrogen and oxygen atoms in total. The van der Waals surface area contributed by atoms with E-state index in [1.165, 1.54) is 12.8 Å². The first-order valence-corrected chi connectivity index (χ1v) is 8.75. The molecule has 1 aliphatic rings. The topological polar surface area (TPSA) is 67.9 Å². The van der Waals surface area contributed by atoms with Gasteiger partial charge >= 0.3 is 0 Å². The zero-order valence-electron chi connectivity index (χ0n) is 13.9. The molecule has 0 amide bonds. The molecule has 4 rings (SSSR count). The highest BCUT2D eigenvalue weighted by atomic mass is 35.5. The van der Waals surface area contributed by atoms with E-state index in [-0.39, 0.29) is 0 Å². The van der Waals surface area contributed by atoms with E-state index in [9.17, 15) is 0 Å². The number of benzene rings is 1. The van der Waals surface area contributed by atoms with Gasteiger partial charge in [0.05, 0.1) is 0 Å². The Hall–Kier alpha value is -2.47. The van der Waals surface area contributed by atoms with Crippen LogP contribution < -0.4 is 4.90 Å². The Balaban J connectivity index is 1.51. The molecule has 128 valence electrons. The van der Waals surface area contributed by atoms with E-state index in [1.807, 2.05) is 24.3 Å². The van der Waals surface area contributed by atoms with Crippen LogP contribution in [0.2, 0.25) is 5.02 Å². The largest absolute Gasteiger partial charge is 0.355 e. The highest BCUT2D eigenvalue weighted by molar-refractivity contribution is 6.30. The first kappa shape index (κ1) is 16.0. The fourth-order valence-corrected chi connectivity index (χ4v) is 3.02. The van der Waals surface area contributed by atoms with Gasteiger partial charge in [-0.2, -0.15) is 4.98 Å². The number of halogens is 1. The predicted octanol–water partition coefficient (Wildman–Crippen LogP) is 4.08.